The van der Waals surface area contributed by atoms with Crippen molar-refractivity contribution in [3.8, 4) is 0 Å². The van der Waals surface area contributed by atoms with Crippen LogP contribution in [-0.2, 0) is 22.6 Å². The van der Waals surface area contributed by atoms with Crippen LogP contribution >= 0.6 is 0 Å². The van der Waals surface area contributed by atoms with Crippen molar-refractivity contribution in [2.75, 3.05) is 6.54 Å². The van der Waals surface area contributed by atoms with Crippen LogP contribution in [-0.4, -0.2) is 44.3 Å². The number of hydrogen-bond donors (Lipinski definition) is 0. The molecule has 0 atom stereocenters. The van der Waals surface area contributed by atoms with Gasteiger partial charge in [0.2, 0.25) is 5.89 Å². The smallest absolute Gasteiger partial charge is 0.334 e. The van der Waals surface area contributed by atoms with Crippen LogP contribution in [0.2, 0.25) is 0 Å². The van der Waals surface area contributed by atoms with Crippen molar-refractivity contribution >= 4 is 17.8 Å². The van der Waals surface area contributed by atoms with Gasteiger partial charge in [0.25, 0.3) is 0 Å². The fourth-order valence-corrected chi connectivity index (χ4v) is 3.21. The molecule has 1 aliphatic heterocycles. The summed E-state index contributed by atoms with van der Waals surface area (Å²) in [5.74, 6) is -0.570. The number of hydrogen-bond acceptors (Lipinski definition) is 6. The number of carbonyl (C=O) groups excluding carboxylic acids is 3. The molecule has 8 heteroatoms. The molecule has 2 aliphatic rings. The van der Waals surface area contributed by atoms with E-state index >= 15 is 0 Å². The molecular formula is C18H24N4O4. The summed E-state index contributed by atoms with van der Waals surface area (Å²) in [6.45, 7) is 4.12. The quantitative estimate of drug-likeness (QED) is 0.421. The Hall–Kier alpha value is -2.51. The number of aromatic nitrogens is 2. The van der Waals surface area contributed by atoms with Crippen LogP contribution in [0.25, 0.3) is 0 Å². The minimum atomic E-state index is -0.837. The molecule has 0 aromatic carbocycles. The van der Waals surface area contributed by atoms with Gasteiger partial charge in [-0.1, -0.05) is 30.7 Å². The fourth-order valence-electron chi connectivity index (χ4n) is 3.21. The second kappa shape index (κ2) is 7.80. The molecule has 1 fully saturated rings. The monoisotopic (exact) mass is 360 g/mol. The van der Waals surface area contributed by atoms with E-state index < -0.39 is 17.8 Å². The summed E-state index contributed by atoms with van der Waals surface area (Å²) in [5, 5.41) is 3.84. The lowest BCUT2D eigenvalue weighted by molar-refractivity contribution is -0.143. The molecule has 1 aromatic rings. The van der Waals surface area contributed by atoms with E-state index in [4.69, 9.17) is 4.52 Å². The van der Waals surface area contributed by atoms with Crippen LogP contribution in [0.5, 0.6) is 0 Å². The highest BCUT2D eigenvalue weighted by molar-refractivity contribution is 6.44. The van der Waals surface area contributed by atoms with Crippen molar-refractivity contribution in [3.63, 3.8) is 0 Å². The van der Waals surface area contributed by atoms with Gasteiger partial charge in [0.15, 0.2) is 5.82 Å². The van der Waals surface area contributed by atoms with Crippen LogP contribution in [0.3, 0.4) is 0 Å². The topological polar surface area (TPSA) is 96.6 Å². The van der Waals surface area contributed by atoms with Crippen molar-refractivity contribution in [1.29, 1.82) is 0 Å². The lowest BCUT2D eigenvalue weighted by Gasteiger charge is -2.17. The Morgan fingerprint density at radius 3 is 2.62 bits per heavy atom. The molecule has 0 bridgehead atoms. The average Bonchev–Trinajstić information content (AvgIpc) is 3.13. The van der Waals surface area contributed by atoms with Crippen molar-refractivity contribution in [2.24, 2.45) is 5.92 Å². The largest absolute Gasteiger partial charge is 0.337 e. The molecule has 0 radical (unpaired) electrons. The molecule has 26 heavy (non-hydrogen) atoms. The van der Waals surface area contributed by atoms with E-state index in [9.17, 15) is 14.4 Å². The fraction of sp³-hybridized carbons (Fsp3) is 0.611. The number of rotatable bonds is 7. The van der Waals surface area contributed by atoms with Crippen LogP contribution in [0, 0.1) is 5.92 Å². The molecule has 8 nitrogen and oxygen atoms in total. The van der Waals surface area contributed by atoms with Gasteiger partial charge in [0, 0.05) is 13.0 Å². The van der Waals surface area contributed by atoms with E-state index in [0.717, 1.165) is 29.1 Å². The second-order valence-corrected chi connectivity index (χ2v) is 7.19. The maximum Gasteiger partial charge on any atom is 0.334 e. The van der Waals surface area contributed by atoms with Gasteiger partial charge in [-0.3, -0.25) is 14.5 Å². The Morgan fingerprint density at radius 1 is 1.15 bits per heavy atom. The summed E-state index contributed by atoms with van der Waals surface area (Å²) in [7, 11) is 0. The van der Waals surface area contributed by atoms with Crippen LogP contribution in [0.4, 0.5) is 4.79 Å². The predicted octanol–water partition coefficient (Wildman–Crippen LogP) is 2.45. The van der Waals surface area contributed by atoms with Crippen molar-refractivity contribution in [1.82, 2.24) is 19.9 Å². The molecule has 1 aliphatic carbocycles. The average molecular weight is 360 g/mol. The predicted molar refractivity (Wildman–Crippen MR) is 91.7 cm³/mol. The van der Waals surface area contributed by atoms with E-state index in [-0.39, 0.29) is 19.0 Å². The molecule has 140 valence electrons. The van der Waals surface area contributed by atoms with Gasteiger partial charge in [-0.2, -0.15) is 4.98 Å². The van der Waals surface area contributed by atoms with Gasteiger partial charge in [0.1, 0.15) is 6.54 Å². The Labute approximate surface area is 152 Å². The summed E-state index contributed by atoms with van der Waals surface area (Å²) in [6, 6.07) is -0.611. The normalized spacial score (nSPS) is 18.3. The zero-order valence-electron chi connectivity index (χ0n) is 15.2. The van der Waals surface area contributed by atoms with Gasteiger partial charge in [0.05, 0.1) is 0 Å². The summed E-state index contributed by atoms with van der Waals surface area (Å²) in [5.41, 5.74) is 1.25. The van der Waals surface area contributed by atoms with Crippen LogP contribution in [0.1, 0.15) is 57.7 Å². The molecule has 4 amide bonds. The number of allylic oxidation sites excluding steroid dienone is 1. The molecule has 0 spiro atoms. The van der Waals surface area contributed by atoms with Gasteiger partial charge >= 0.3 is 17.8 Å². The SMILES string of the molecule is CC(C)Cc1noc(CN2C(=O)C(=O)N(CCC3=CCCCC3)C2=O)n1. The summed E-state index contributed by atoms with van der Waals surface area (Å²) in [4.78, 5) is 42.9. The summed E-state index contributed by atoms with van der Waals surface area (Å²) >= 11 is 0. The first kappa shape index (κ1) is 18.3. The van der Waals surface area contributed by atoms with Crippen LogP contribution < -0.4 is 0 Å². The van der Waals surface area contributed by atoms with E-state index in [1.54, 1.807) is 0 Å². The minimum Gasteiger partial charge on any atom is -0.337 e. The molecule has 0 unspecified atom stereocenters. The zero-order valence-corrected chi connectivity index (χ0v) is 15.2. The van der Waals surface area contributed by atoms with Gasteiger partial charge in [-0.25, -0.2) is 9.69 Å². The Bertz CT molecular complexity index is 737. The summed E-state index contributed by atoms with van der Waals surface area (Å²) in [6.07, 6.45) is 7.79. The Kier molecular flexibility index (Phi) is 5.49. The van der Waals surface area contributed by atoms with Crippen molar-refractivity contribution in [2.45, 2.75) is 58.9 Å². The third-order valence-corrected chi connectivity index (χ3v) is 4.57. The highest BCUT2D eigenvalue weighted by atomic mass is 16.5. The number of urea groups is 1. The number of amides is 4. The highest BCUT2D eigenvalue weighted by Crippen LogP contribution is 2.22. The first-order valence-corrected chi connectivity index (χ1v) is 9.12. The molecule has 1 saturated heterocycles. The lowest BCUT2D eigenvalue weighted by atomic mass is 9.97. The number of carbonyl (C=O) groups is 3. The molecular weight excluding hydrogens is 336 g/mol. The standard InChI is InChI=1S/C18H24N4O4/c1-12(2)10-14-19-15(26-20-14)11-22-17(24)16(23)21(18(22)25)9-8-13-6-4-3-5-7-13/h6,12H,3-5,7-11H2,1-2H3. The molecule has 0 N–H and O–H groups in total. The van der Waals surface area contributed by atoms with Crippen molar-refractivity contribution in [3.05, 3.63) is 23.4 Å². The van der Waals surface area contributed by atoms with Gasteiger partial charge in [-0.15, -0.1) is 0 Å². The Morgan fingerprint density at radius 2 is 1.92 bits per heavy atom. The number of imide groups is 2. The Balaban J connectivity index is 1.62. The first-order chi connectivity index (χ1) is 12.5. The van der Waals surface area contributed by atoms with E-state index in [1.807, 2.05) is 13.8 Å². The zero-order chi connectivity index (χ0) is 18.7. The number of nitrogens with zero attached hydrogens (tertiary/aromatic N) is 4. The molecule has 1 aromatic heterocycles. The summed E-state index contributed by atoms with van der Waals surface area (Å²) < 4.78 is 5.10. The van der Waals surface area contributed by atoms with E-state index in [1.165, 1.54) is 12.0 Å². The molecule has 2 heterocycles. The molecule has 3 rings (SSSR count). The first-order valence-electron chi connectivity index (χ1n) is 9.12. The van der Waals surface area contributed by atoms with E-state index in [2.05, 4.69) is 16.2 Å². The maximum absolute atomic E-state index is 12.5. The van der Waals surface area contributed by atoms with E-state index in [0.29, 0.717) is 24.6 Å². The maximum atomic E-state index is 12.5. The molecule has 0 saturated carbocycles. The second-order valence-electron chi connectivity index (χ2n) is 7.19. The third kappa shape index (κ3) is 4.00. The minimum absolute atomic E-state index is 0.159. The van der Waals surface area contributed by atoms with Gasteiger partial charge < -0.3 is 4.52 Å². The van der Waals surface area contributed by atoms with Crippen molar-refractivity contribution < 1.29 is 18.9 Å². The van der Waals surface area contributed by atoms with Gasteiger partial charge in [-0.05, 0) is 38.0 Å². The highest BCUT2D eigenvalue weighted by Gasteiger charge is 2.44. The lowest BCUT2D eigenvalue weighted by Crippen LogP contribution is -2.34. The third-order valence-electron chi connectivity index (χ3n) is 4.57. The van der Waals surface area contributed by atoms with Crippen LogP contribution in [0.15, 0.2) is 16.2 Å².